The second-order valence-corrected chi connectivity index (χ2v) is 18.0. The molecule has 1 fully saturated rings. The second-order valence-electron chi connectivity index (χ2n) is 15.0. The third-order valence-electron chi connectivity index (χ3n) is 6.60. The zero-order valence-corrected chi connectivity index (χ0v) is 33.4. The molecule has 0 bridgehead atoms. The van der Waals surface area contributed by atoms with Crippen LogP contribution in [0.4, 0.5) is 33.4 Å². The zero-order valence-electron chi connectivity index (χ0n) is 31.7. The SMILES string of the molecule is CC(NP(=O)(OC[C@H]1S[C@@H](n2ccc(N(C(=O)OC(C)(C)C)C(=O)OC(C)(C)C)nc2=O)[C@@H](F)[C@@H]1OC(=O)OC(C)(C)C)Oc1ccc(F)cc1F)C(=O)O. The lowest BCUT2D eigenvalue weighted by molar-refractivity contribution is -0.138. The van der Waals surface area contributed by atoms with Crippen LogP contribution in [0.2, 0.25) is 0 Å². The number of aliphatic carboxylic acids is 1. The molecular weight excluding hydrogens is 780 g/mol. The first kappa shape index (κ1) is 45.1. The number of hydrogen-bond acceptors (Lipinski definition) is 14. The van der Waals surface area contributed by atoms with Crippen LogP contribution in [0.1, 0.15) is 74.6 Å². The van der Waals surface area contributed by atoms with Crippen molar-refractivity contribution in [3.8, 4) is 5.75 Å². The molecule has 22 heteroatoms. The fourth-order valence-corrected chi connectivity index (χ4v) is 7.50. The van der Waals surface area contributed by atoms with Crippen LogP contribution in [0.15, 0.2) is 35.3 Å². The Labute approximate surface area is 318 Å². The third kappa shape index (κ3) is 13.1. The average molecular weight is 825 g/mol. The van der Waals surface area contributed by atoms with Crippen molar-refractivity contribution in [1.82, 2.24) is 14.6 Å². The van der Waals surface area contributed by atoms with Crippen LogP contribution in [0.5, 0.6) is 5.75 Å². The average Bonchev–Trinajstić information content (AvgIpc) is 3.29. The van der Waals surface area contributed by atoms with Gasteiger partial charge in [-0.25, -0.2) is 36.9 Å². The molecule has 0 saturated carbocycles. The highest BCUT2D eigenvalue weighted by atomic mass is 32.2. The van der Waals surface area contributed by atoms with Gasteiger partial charge in [-0.2, -0.15) is 15.0 Å². The van der Waals surface area contributed by atoms with Gasteiger partial charge in [-0.15, -0.1) is 11.8 Å². The molecular formula is C33H44F3N4O13PS. The predicted octanol–water partition coefficient (Wildman–Crippen LogP) is 6.74. The number of nitrogens with zero attached hydrogens (tertiary/aromatic N) is 3. The standard InChI is InChI=1S/C33H44F3N4O13PS/c1-17(26(41)42)38-54(47,53-20-12-11-18(34)15-19(20)35)48-16-21-24(49-30(46)52-33(8,9)10)23(36)25(55-21)39-14-13-22(37-27(39)43)40(28(44)50-31(2,3)4)29(45)51-32(5,6)7/h11-15,17,21,23-25H,16H2,1-10H3,(H,38,47)(H,41,42)/t17?,21-,23+,24-,25-,54?/m1/s1. The lowest BCUT2D eigenvalue weighted by atomic mass is 10.1. The van der Waals surface area contributed by atoms with Crippen LogP contribution in [-0.2, 0) is 32.8 Å². The summed E-state index contributed by atoms with van der Waals surface area (Å²) >= 11 is 0.623. The minimum atomic E-state index is -4.90. The van der Waals surface area contributed by atoms with Gasteiger partial charge in [0.1, 0.15) is 34.0 Å². The number of alkyl halides is 1. The first-order valence-electron chi connectivity index (χ1n) is 16.5. The van der Waals surface area contributed by atoms with E-state index in [4.69, 9.17) is 28.0 Å². The van der Waals surface area contributed by atoms with E-state index in [1.807, 2.05) is 0 Å². The summed E-state index contributed by atoms with van der Waals surface area (Å²) in [5.41, 5.74) is -4.45. The van der Waals surface area contributed by atoms with Gasteiger partial charge in [0, 0.05) is 12.3 Å². The summed E-state index contributed by atoms with van der Waals surface area (Å²) < 4.78 is 90.7. The number of ether oxygens (including phenoxy) is 4. The summed E-state index contributed by atoms with van der Waals surface area (Å²) in [5, 5.41) is 8.59. The lowest BCUT2D eigenvalue weighted by Crippen LogP contribution is -2.45. The van der Waals surface area contributed by atoms with Crippen molar-refractivity contribution in [2.24, 2.45) is 0 Å². The Morgan fingerprint density at radius 3 is 2.04 bits per heavy atom. The van der Waals surface area contributed by atoms with E-state index in [0.717, 1.165) is 35.9 Å². The Morgan fingerprint density at radius 2 is 1.55 bits per heavy atom. The quantitative estimate of drug-likeness (QED) is 0.137. The zero-order chi connectivity index (χ0) is 41.8. The summed E-state index contributed by atoms with van der Waals surface area (Å²) in [7, 11) is -4.90. The summed E-state index contributed by atoms with van der Waals surface area (Å²) in [6.07, 6.45) is -6.83. The smallest absolute Gasteiger partial charge is 0.480 e. The molecule has 1 aliphatic rings. The molecule has 55 heavy (non-hydrogen) atoms. The van der Waals surface area contributed by atoms with Gasteiger partial charge in [0.2, 0.25) is 0 Å². The Morgan fingerprint density at radius 1 is 0.982 bits per heavy atom. The molecule has 2 unspecified atom stereocenters. The maximum absolute atomic E-state index is 16.4. The summed E-state index contributed by atoms with van der Waals surface area (Å²) in [4.78, 5) is 68.2. The maximum atomic E-state index is 16.4. The summed E-state index contributed by atoms with van der Waals surface area (Å²) in [6.45, 7) is 14.0. The molecule has 0 aliphatic carbocycles. The number of imide groups is 1. The van der Waals surface area contributed by atoms with Crippen LogP contribution in [0.25, 0.3) is 0 Å². The Bertz CT molecular complexity index is 1840. The minimum absolute atomic E-state index is 0.384. The number of thioether (sulfide) groups is 1. The van der Waals surface area contributed by atoms with Gasteiger partial charge in [-0.1, -0.05) is 0 Å². The van der Waals surface area contributed by atoms with Gasteiger partial charge in [-0.05, 0) is 87.4 Å². The number of nitrogens with one attached hydrogen (secondary N) is 1. The fourth-order valence-electron chi connectivity index (χ4n) is 4.41. The van der Waals surface area contributed by atoms with E-state index < -0.39 is 113 Å². The van der Waals surface area contributed by atoms with Crippen molar-refractivity contribution >= 4 is 49.6 Å². The molecule has 1 aromatic heterocycles. The molecule has 0 spiro atoms. The molecule has 306 valence electrons. The van der Waals surface area contributed by atoms with E-state index in [0.29, 0.717) is 22.7 Å². The fraction of sp³-hybridized carbons (Fsp3) is 0.576. The highest BCUT2D eigenvalue weighted by molar-refractivity contribution is 8.00. The number of benzene rings is 1. The van der Waals surface area contributed by atoms with E-state index in [-0.39, 0.29) is 0 Å². The van der Waals surface area contributed by atoms with Gasteiger partial charge in [0.25, 0.3) is 0 Å². The molecule has 0 radical (unpaired) electrons. The first-order chi connectivity index (χ1) is 25.1. The van der Waals surface area contributed by atoms with Crippen molar-refractivity contribution in [3.63, 3.8) is 0 Å². The number of carbonyl (C=O) groups is 4. The number of rotatable bonds is 11. The highest BCUT2D eigenvalue weighted by Crippen LogP contribution is 2.50. The van der Waals surface area contributed by atoms with Gasteiger partial charge >= 0.3 is 37.7 Å². The predicted molar refractivity (Wildman–Crippen MR) is 191 cm³/mol. The highest BCUT2D eigenvalue weighted by Gasteiger charge is 2.50. The normalized spacial score (nSPS) is 20.5. The van der Waals surface area contributed by atoms with Gasteiger partial charge in [-0.3, -0.25) is 13.9 Å². The van der Waals surface area contributed by atoms with E-state index in [1.165, 1.54) is 62.3 Å². The van der Waals surface area contributed by atoms with Crippen LogP contribution in [-0.4, -0.2) is 85.9 Å². The van der Waals surface area contributed by atoms with E-state index in [2.05, 4.69) is 10.1 Å². The van der Waals surface area contributed by atoms with Gasteiger partial charge in [0.15, 0.2) is 29.7 Å². The number of amides is 2. The van der Waals surface area contributed by atoms with E-state index in [9.17, 15) is 42.4 Å². The molecule has 1 aromatic carbocycles. The lowest BCUT2D eigenvalue weighted by Gasteiger charge is -2.28. The van der Waals surface area contributed by atoms with Crippen molar-refractivity contribution in [1.29, 1.82) is 0 Å². The number of halogens is 3. The molecule has 3 rings (SSSR count). The molecule has 6 atom stereocenters. The van der Waals surface area contributed by atoms with Crippen LogP contribution in [0.3, 0.4) is 0 Å². The number of carbonyl (C=O) groups excluding carboxylic acids is 3. The summed E-state index contributed by atoms with van der Waals surface area (Å²) in [5.74, 6) is -5.16. The Kier molecular flexibility index (Phi) is 14.1. The van der Waals surface area contributed by atoms with Crippen LogP contribution < -0.4 is 20.2 Å². The largest absolute Gasteiger partial charge is 0.509 e. The molecule has 2 heterocycles. The first-order valence-corrected chi connectivity index (χ1v) is 19.0. The van der Waals surface area contributed by atoms with Crippen LogP contribution in [0, 0.1) is 11.6 Å². The molecule has 1 saturated heterocycles. The van der Waals surface area contributed by atoms with Gasteiger partial charge in [0.05, 0.1) is 11.9 Å². The van der Waals surface area contributed by atoms with Crippen LogP contribution >= 0.6 is 19.5 Å². The minimum Gasteiger partial charge on any atom is -0.480 e. The van der Waals surface area contributed by atoms with Crippen molar-refractivity contribution in [2.45, 2.75) is 115 Å². The Balaban J connectivity index is 2.02. The second kappa shape index (κ2) is 17.2. The maximum Gasteiger partial charge on any atom is 0.509 e. The van der Waals surface area contributed by atoms with Crippen molar-refractivity contribution in [3.05, 3.63) is 52.6 Å². The van der Waals surface area contributed by atoms with E-state index in [1.54, 1.807) is 0 Å². The molecule has 17 nitrogen and oxygen atoms in total. The van der Waals surface area contributed by atoms with Gasteiger partial charge < -0.3 is 28.6 Å². The van der Waals surface area contributed by atoms with Crippen molar-refractivity contribution in [2.75, 3.05) is 11.5 Å². The number of aromatic nitrogens is 2. The Hall–Kier alpha value is -4.33. The topological polar surface area (TPSA) is 211 Å². The monoisotopic (exact) mass is 824 g/mol. The molecule has 2 amide bonds. The molecule has 2 aromatic rings. The molecule has 2 N–H and O–H groups in total. The third-order valence-corrected chi connectivity index (χ3v) is 9.75. The number of carboxylic acid groups (broad SMARTS) is 1. The number of carboxylic acids is 1. The molecule has 1 aliphatic heterocycles. The number of anilines is 1. The van der Waals surface area contributed by atoms with Crippen molar-refractivity contribution < 1.29 is 70.0 Å². The number of hydrogen-bond donors (Lipinski definition) is 2. The summed E-state index contributed by atoms with van der Waals surface area (Å²) in [6, 6.07) is 1.37. The van der Waals surface area contributed by atoms with E-state index >= 15 is 4.39 Å².